The number of halogens is 1. The monoisotopic (exact) mass is 591 g/mol. The molecule has 0 radical (unpaired) electrons. The van der Waals surface area contributed by atoms with Crippen molar-refractivity contribution in [2.45, 2.75) is 77.4 Å². The van der Waals surface area contributed by atoms with E-state index in [2.05, 4.69) is 21.2 Å². The van der Waals surface area contributed by atoms with Gasteiger partial charge in [0.15, 0.2) is 0 Å². The van der Waals surface area contributed by atoms with Crippen molar-refractivity contribution < 1.29 is 18.0 Å². The highest BCUT2D eigenvalue weighted by Gasteiger charge is 2.28. The fourth-order valence-electron chi connectivity index (χ4n) is 4.76. The first-order valence-electron chi connectivity index (χ1n) is 12.9. The van der Waals surface area contributed by atoms with Crippen LogP contribution in [0.4, 0.5) is 5.69 Å². The zero-order chi connectivity index (χ0) is 27.0. The first-order chi connectivity index (χ1) is 17.6. The molecule has 1 aliphatic rings. The third-order valence-electron chi connectivity index (χ3n) is 6.92. The first kappa shape index (κ1) is 29.2. The van der Waals surface area contributed by atoms with Gasteiger partial charge in [0.25, 0.3) is 0 Å². The van der Waals surface area contributed by atoms with Gasteiger partial charge in [0.05, 0.1) is 11.9 Å². The number of carbonyl (C=O) groups is 2. The molecule has 2 aromatic carbocycles. The lowest BCUT2D eigenvalue weighted by atomic mass is 9.95. The predicted octanol–water partition coefficient (Wildman–Crippen LogP) is 5.17. The van der Waals surface area contributed by atoms with Gasteiger partial charge in [-0.25, -0.2) is 8.42 Å². The number of hydrogen-bond acceptors (Lipinski definition) is 4. The molecule has 0 aliphatic heterocycles. The third kappa shape index (κ3) is 8.57. The van der Waals surface area contributed by atoms with Gasteiger partial charge in [-0.05, 0) is 62.4 Å². The summed E-state index contributed by atoms with van der Waals surface area (Å²) in [4.78, 5) is 28.2. The van der Waals surface area contributed by atoms with E-state index < -0.39 is 16.1 Å². The number of nitrogens with zero attached hydrogens (tertiary/aromatic N) is 2. The molecule has 3 rings (SSSR count). The average Bonchev–Trinajstić information content (AvgIpc) is 2.86. The van der Waals surface area contributed by atoms with Crippen molar-refractivity contribution in [2.24, 2.45) is 0 Å². The Kier molecular flexibility index (Phi) is 10.6. The minimum absolute atomic E-state index is 0.134. The summed E-state index contributed by atoms with van der Waals surface area (Å²) < 4.78 is 27.3. The highest BCUT2D eigenvalue weighted by atomic mass is 79.9. The topological polar surface area (TPSA) is 86.8 Å². The van der Waals surface area contributed by atoms with Crippen LogP contribution in [0.2, 0.25) is 0 Å². The number of carbonyl (C=O) groups excluding carboxylic acids is 2. The van der Waals surface area contributed by atoms with E-state index in [9.17, 15) is 18.0 Å². The molecule has 2 amide bonds. The second-order valence-electron chi connectivity index (χ2n) is 9.89. The molecule has 1 aliphatic carbocycles. The van der Waals surface area contributed by atoms with E-state index in [4.69, 9.17) is 0 Å². The molecule has 0 heterocycles. The van der Waals surface area contributed by atoms with Crippen molar-refractivity contribution in [3.8, 4) is 0 Å². The fourth-order valence-corrected chi connectivity index (χ4v) is 6.05. The molecule has 1 saturated carbocycles. The summed E-state index contributed by atoms with van der Waals surface area (Å²) >= 11 is 3.44. The van der Waals surface area contributed by atoms with E-state index in [0.29, 0.717) is 18.7 Å². The van der Waals surface area contributed by atoms with Crippen molar-refractivity contribution in [3.63, 3.8) is 0 Å². The number of para-hydroxylation sites is 1. The molecule has 202 valence electrons. The molecular formula is C28H38BrN3O4S. The number of sulfonamides is 1. The first-order valence-corrected chi connectivity index (χ1v) is 15.6. The van der Waals surface area contributed by atoms with Gasteiger partial charge < -0.3 is 10.2 Å². The van der Waals surface area contributed by atoms with Crippen LogP contribution < -0.4 is 9.62 Å². The van der Waals surface area contributed by atoms with E-state index in [1.807, 2.05) is 43.3 Å². The third-order valence-corrected chi connectivity index (χ3v) is 8.63. The van der Waals surface area contributed by atoms with Crippen molar-refractivity contribution in [2.75, 3.05) is 17.1 Å². The van der Waals surface area contributed by atoms with Crippen LogP contribution in [0.5, 0.6) is 0 Å². The molecule has 1 fully saturated rings. The van der Waals surface area contributed by atoms with Gasteiger partial charge >= 0.3 is 0 Å². The minimum Gasteiger partial charge on any atom is -0.352 e. The molecule has 0 aromatic heterocycles. The molecule has 1 unspecified atom stereocenters. The molecular weight excluding hydrogens is 554 g/mol. The van der Waals surface area contributed by atoms with Crippen LogP contribution in [0.15, 0.2) is 53.0 Å². The van der Waals surface area contributed by atoms with Crippen LogP contribution in [0, 0.1) is 6.92 Å². The van der Waals surface area contributed by atoms with Crippen LogP contribution in [-0.4, -0.2) is 50.0 Å². The summed E-state index contributed by atoms with van der Waals surface area (Å²) in [6, 6.07) is 14.5. The van der Waals surface area contributed by atoms with Crippen LogP contribution in [0.25, 0.3) is 0 Å². The Labute approximate surface area is 229 Å². The number of hydrogen-bond donors (Lipinski definition) is 1. The number of amides is 2. The summed E-state index contributed by atoms with van der Waals surface area (Å²) in [5.74, 6) is -0.317. The van der Waals surface area contributed by atoms with E-state index in [0.717, 1.165) is 41.3 Å². The highest BCUT2D eigenvalue weighted by Crippen LogP contribution is 2.23. The van der Waals surface area contributed by atoms with Crippen LogP contribution in [-0.2, 0) is 26.2 Å². The maximum absolute atomic E-state index is 13.5. The average molecular weight is 593 g/mol. The lowest BCUT2D eigenvalue weighted by molar-refractivity contribution is -0.141. The molecule has 1 atom stereocenters. The van der Waals surface area contributed by atoms with E-state index in [1.54, 1.807) is 24.0 Å². The second-order valence-corrected chi connectivity index (χ2v) is 12.7. The van der Waals surface area contributed by atoms with Crippen LogP contribution in [0.3, 0.4) is 0 Å². The maximum atomic E-state index is 13.5. The number of anilines is 1. The van der Waals surface area contributed by atoms with Gasteiger partial charge in [0.1, 0.15) is 6.04 Å². The molecule has 2 aromatic rings. The van der Waals surface area contributed by atoms with Crippen molar-refractivity contribution in [1.82, 2.24) is 10.2 Å². The van der Waals surface area contributed by atoms with Crippen LogP contribution >= 0.6 is 15.9 Å². The van der Waals surface area contributed by atoms with Crippen LogP contribution in [0.1, 0.15) is 63.0 Å². The number of nitrogens with one attached hydrogen (secondary N) is 1. The number of aryl methyl sites for hydroxylation is 1. The number of rotatable bonds is 11. The number of benzene rings is 2. The zero-order valence-electron chi connectivity index (χ0n) is 22.0. The highest BCUT2D eigenvalue weighted by molar-refractivity contribution is 9.10. The normalized spacial score (nSPS) is 15.1. The van der Waals surface area contributed by atoms with Gasteiger partial charge in [0.2, 0.25) is 21.8 Å². The molecule has 0 bridgehead atoms. The smallest absolute Gasteiger partial charge is 0.242 e. The van der Waals surface area contributed by atoms with Gasteiger partial charge in [-0.1, -0.05) is 65.5 Å². The van der Waals surface area contributed by atoms with E-state index >= 15 is 0 Å². The van der Waals surface area contributed by atoms with Crippen molar-refractivity contribution in [1.29, 1.82) is 0 Å². The van der Waals surface area contributed by atoms with Crippen molar-refractivity contribution in [3.05, 3.63) is 64.1 Å². The Morgan fingerprint density at radius 1 is 1.05 bits per heavy atom. The van der Waals surface area contributed by atoms with Gasteiger partial charge in [-0.3, -0.25) is 13.9 Å². The molecule has 0 saturated heterocycles. The molecule has 0 spiro atoms. The Morgan fingerprint density at radius 2 is 1.70 bits per heavy atom. The van der Waals surface area contributed by atoms with Gasteiger partial charge in [-0.2, -0.15) is 0 Å². The quantitative estimate of drug-likeness (QED) is 0.390. The minimum atomic E-state index is -3.52. The maximum Gasteiger partial charge on any atom is 0.242 e. The van der Waals surface area contributed by atoms with Gasteiger partial charge in [0, 0.05) is 30.0 Å². The van der Waals surface area contributed by atoms with Gasteiger partial charge in [-0.15, -0.1) is 0 Å². The summed E-state index contributed by atoms with van der Waals surface area (Å²) in [6.45, 7) is 4.12. The Morgan fingerprint density at radius 3 is 2.32 bits per heavy atom. The van der Waals surface area contributed by atoms with E-state index in [-0.39, 0.29) is 30.8 Å². The largest absolute Gasteiger partial charge is 0.352 e. The molecule has 37 heavy (non-hydrogen) atoms. The van der Waals surface area contributed by atoms with Crippen molar-refractivity contribution >= 4 is 43.5 Å². The summed E-state index contributed by atoms with van der Waals surface area (Å²) in [5, 5.41) is 3.14. The second kappa shape index (κ2) is 13.4. The SMILES string of the molecule is Cc1ccccc1N(CCCC(=O)N(Cc1ccc(Br)cc1)C(C)C(=O)NC1CCCCC1)S(C)(=O)=O. The molecule has 1 N–H and O–H groups in total. The Balaban J connectivity index is 1.71. The standard InChI is InChI=1S/C28H38BrN3O4S/c1-21-10-7-8-13-26(21)32(37(3,35)36)19-9-14-27(33)31(20-23-15-17-24(29)18-16-23)22(2)28(34)30-25-11-5-4-6-12-25/h7-8,10,13,15-18,22,25H,4-6,9,11-12,14,19-20H2,1-3H3,(H,30,34). The lowest BCUT2D eigenvalue weighted by Gasteiger charge is -2.31. The zero-order valence-corrected chi connectivity index (χ0v) is 24.4. The fraction of sp³-hybridized carbons (Fsp3) is 0.500. The summed E-state index contributed by atoms with van der Waals surface area (Å²) in [5.41, 5.74) is 2.39. The molecule has 9 heteroatoms. The Bertz CT molecular complexity index is 1160. The predicted molar refractivity (Wildman–Crippen MR) is 152 cm³/mol. The summed E-state index contributed by atoms with van der Waals surface area (Å²) in [6.07, 6.45) is 7.02. The lowest BCUT2D eigenvalue weighted by Crippen LogP contribution is -2.50. The molecule has 7 nitrogen and oxygen atoms in total. The Hall–Kier alpha value is -2.39. The summed E-state index contributed by atoms with van der Waals surface area (Å²) in [7, 11) is -3.52. The van der Waals surface area contributed by atoms with E-state index in [1.165, 1.54) is 17.0 Å².